The highest BCUT2D eigenvalue weighted by Crippen LogP contribution is 2.52. The normalized spacial score (nSPS) is 19.8. The zero-order valence-corrected chi connectivity index (χ0v) is 16.4. The summed E-state index contributed by atoms with van der Waals surface area (Å²) in [7, 11) is 1.46. The average Bonchev–Trinajstić information content (AvgIpc) is 3.26. The summed E-state index contributed by atoms with van der Waals surface area (Å²) in [5.41, 5.74) is 3.50. The van der Waals surface area contributed by atoms with Gasteiger partial charge < -0.3 is 10.2 Å². The Labute approximate surface area is 167 Å². The minimum absolute atomic E-state index is 0.00919. The number of carbonyl (C=O) groups excluding carboxylic acids is 1. The maximum Gasteiger partial charge on any atom is 0.253 e. The Balaban J connectivity index is 1.71. The number of halogens is 1. The molecule has 0 spiro atoms. The minimum Gasteiger partial charge on any atom is -0.355 e. The van der Waals surface area contributed by atoms with Gasteiger partial charge in [-0.15, -0.1) is 0 Å². The monoisotopic (exact) mass is 392 g/mol. The molecule has 1 heterocycles. The lowest BCUT2D eigenvalue weighted by Crippen LogP contribution is -2.39. The highest BCUT2D eigenvalue weighted by atomic mass is 32.1. The first-order valence-electron chi connectivity index (χ1n) is 8.72. The van der Waals surface area contributed by atoms with Gasteiger partial charge in [-0.05, 0) is 74.1 Å². The number of nitrogens with zero attached hydrogens (tertiary/aromatic N) is 3. The third kappa shape index (κ3) is 2.49. The number of nitrogens with one attached hydrogen (secondary N) is 1. The molecule has 7 heteroatoms. The van der Waals surface area contributed by atoms with Crippen molar-refractivity contribution in [3.05, 3.63) is 70.7 Å². The number of carbonyl (C=O) groups is 1. The van der Waals surface area contributed by atoms with Crippen molar-refractivity contribution < 1.29 is 9.18 Å². The second-order valence-corrected chi connectivity index (χ2v) is 7.35. The third-order valence-corrected chi connectivity index (χ3v) is 5.58. The van der Waals surface area contributed by atoms with Gasteiger partial charge in [0.15, 0.2) is 5.11 Å². The summed E-state index contributed by atoms with van der Waals surface area (Å²) in [5, 5.41) is 12.1. The molecule has 0 saturated carbocycles. The Kier molecular flexibility index (Phi) is 3.98. The smallest absolute Gasteiger partial charge is 0.253 e. The number of nitriles is 1. The van der Waals surface area contributed by atoms with Gasteiger partial charge in [-0.2, -0.15) is 5.26 Å². The molecule has 1 aliphatic carbocycles. The average molecular weight is 392 g/mol. The van der Waals surface area contributed by atoms with Crippen molar-refractivity contribution in [2.24, 2.45) is 0 Å². The van der Waals surface area contributed by atoms with Gasteiger partial charge in [0.25, 0.3) is 5.91 Å². The zero-order valence-electron chi connectivity index (χ0n) is 15.6. The number of amides is 1. The van der Waals surface area contributed by atoms with Gasteiger partial charge >= 0.3 is 0 Å². The number of anilines is 2. The van der Waals surface area contributed by atoms with Crippen LogP contribution in [0, 0.1) is 24.1 Å². The molecular formula is C21H17FN4OS. The summed E-state index contributed by atoms with van der Waals surface area (Å²) in [6.07, 6.45) is 2.06. The maximum atomic E-state index is 14.5. The minimum atomic E-state index is -0.599. The first-order chi connectivity index (χ1) is 13.3. The van der Waals surface area contributed by atoms with Gasteiger partial charge in [-0.25, -0.2) is 4.39 Å². The van der Waals surface area contributed by atoms with Crippen LogP contribution in [0.5, 0.6) is 0 Å². The summed E-state index contributed by atoms with van der Waals surface area (Å²) in [6.45, 7) is 3.89. The van der Waals surface area contributed by atoms with E-state index in [1.165, 1.54) is 19.2 Å². The molecule has 2 aromatic carbocycles. The summed E-state index contributed by atoms with van der Waals surface area (Å²) in [4.78, 5) is 15.6. The third-order valence-electron chi connectivity index (χ3n) is 5.21. The molecule has 140 valence electrons. The van der Waals surface area contributed by atoms with Crippen LogP contribution in [0.2, 0.25) is 0 Å². The molecule has 0 radical (unpaired) electrons. The van der Waals surface area contributed by atoms with Crippen molar-refractivity contribution in [3.8, 4) is 6.07 Å². The van der Waals surface area contributed by atoms with E-state index < -0.39 is 17.3 Å². The van der Waals surface area contributed by atoms with Crippen molar-refractivity contribution in [1.29, 1.82) is 5.26 Å². The molecule has 1 unspecified atom stereocenters. The van der Waals surface area contributed by atoms with E-state index in [-0.39, 0.29) is 5.56 Å². The quantitative estimate of drug-likeness (QED) is 0.809. The Morgan fingerprint density at radius 3 is 2.57 bits per heavy atom. The largest absolute Gasteiger partial charge is 0.355 e. The van der Waals surface area contributed by atoms with Crippen LogP contribution in [0.25, 0.3) is 0 Å². The van der Waals surface area contributed by atoms with E-state index in [0.29, 0.717) is 16.4 Å². The highest BCUT2D eigenvalue weighted by molar-refractivity contribution is 7.81. The standard InChI is InChI=1S/C21H17FN4OS/c1-12-8-14(5-4-13(12)11-23)25-18-10-21(18,2)26(20(25)28)15-6-7-16(17(22)9-15)19(27)24-3/h4-10H,1-3H3,(H,24,27). The molecule has 28 heavy (non-hydrogen) atoms. The van der Waals surface area contributed by atoms with Crippen LogP contribution in [0.4, 0.5) is 15.8 Å². The second-order valence-electron chi connectivity index (χ2n) is 6.98. The van der Waals surface area contributed by atoms with E-state index >= 15 is 0 Å². The van der Waals surface area contributed by atoms with Crippen molar-refractivity contribution in [2.45, 2.75) is 19.4 Å². The molecule has 0 bridgehead atoms. The Hall–Kier alpha value is -3.24. The number of benzene rings is 2. The Bertz CT molecular complexity index is 1120. The van der Waals surface area contributed by atoms with Gasteiger partial charge in [0, 0.05) is 18.4 Å². The number of hydrogen-bond donors (Lipinski definition) is 1. The van der Waals surface area contributed by atoms with Crippen LogP contribution < -0.4 is 15.1 Å². The van der Waals surface area contributed by atoms with E-state index in [0.717, 1.165) is 16.9 Å². The van der Waals surface area contributed by atoms with Crippen LogP contribution in [-0.2, 0) is 0 Å². The fourth-order valence-corrected chi connectivity index (χ4v) is 4.10. The number of fused-ring (bicyclic) bond motifs is 1. The number of thiocarbonyl (C=S) groups is 1. The lowest BCUT2D eigenvalue weighted by molar-refractivity contribution is 0.0959. The SMILES string of the molecule is CNC(=O)c1ccc(N2C(=S)N(c3ccc(C#N)c(C)c3)C3=CC32C)cc1F. The van der Waals surface area contributed by atoms with Crippen LogP contribution in [-0.4, -0.2) is 23.6 Å². The van der Waals surface area contributed by atoms with Crippen molar-refractivity contribution >= 4 is 34.6 Å². The highest BCUT2D eigenvalue weighted by Gasteiger charge is 2.58. The number of aryl methyl sites for hydroxylation is 1. The van der Waals surface area contributed by atoms with E-state index in [9.17, 15) is 9.18 Å². The summed E-state index contributed by atoms with van der Waals surface area (Å²) >= 11 is 5.70. The van der Waals surface area contributed by atoms with E-state index in [1.807, 2.05) is 35.8 Å². The van der Waals surface area contributed by atoms with Gasteiger partial charge in [0.1, 0.15) is 11.4 Å². The topological polar surface area (TPSA) is 59.4 Å². The molecule has 5 nitrogen and oxygen atoms in total. The molecule has 1 aliphatic heterocycles. The molecule has 1 amide bonds. The fraction of sp³-hybridized carbons (Fsp3) is 0.190. The van der Waals surface area contributed by atoms with E-state index in [1.54, 1.807) is 12.1 Å². The lowest BCUT2D eigenvalue weighted by atomic mass is 10.1. The molecule has 0 aromatic heterocycles. The Morgan fingerprint density at radius 2 is 1.96 bits per heavy atom. The summed E-state index contributed by atoms with van der Waals surface area (Å²) in [6, 6.07) is 12.2. The first-order valence-corrected chi connectivity index (χ1v) is 9.12. The van der Waals surface area contributed by atoms with Crippen LogP contribution >= 0.6 is 12.2 Å². The van der Waals surface area contributed by atoms with Gasteiger partial charge in [-0.3, -0.25) is 9.69 Å². The van der Waals surface area contributed by atoms with Crippen molar-refractivity contribution in [3.63, 3.8) is 0 Å². The fourth-order valence-electron chi connectivity index (χ4n) is 3.60. The van der Waals surface area contributed by atoms with Gasteiger partial charge in [-0.1, -0.05) is 0 Å². The molecule has 4 rings (SSSR count). The summed E-state index contributed by atoms with van der Waals surface area (Å²) < 4.78 is 14.5. The van der Waals surface area contributed by atoms with E-state index in [2.05, 4.69) is 17.5 Å². The molecule has 2 aliphatic rings. The van der Waals surface area contributed by atoms with Crippen LogP contribution in [0.1, 0.15) is 28.4 Å². The maximum absolute atomic E-state index is 14.5. The molecule has 2 aromatic rings. The zero-order chi connectivity index (χ0) is 20.2. The first kappa shape index (κ1) is 18.1. The molecule has 1 N–H and O–H groups in total. The molecule has 1 atom stereocenters. The Morgan fingerprint density at radius 1 is 1.25 bits per heavy atom. The molecule has 1 saturated heterocycles. The molecular weight excluding hydrogens is 375 g/mol. The predicted octanol–water partition coefficient (Wildman–Crippen LogP) is 3.63. The lowest BCUT2D eigenvalue weighted by Gasteiger charge is -2.28. The van der Waals surface area contributed by atoms with Gasteiger partial charge in [0.05, 0.1) is 22.9 Å². The second kappa shape index (κ2) is 6.14. The number of rotatable bonds is 3. The predicted molar refractivity (Wildman–Crippen MR) is 110 cm³/mol. The molecule has 1 fully saturated rings. The summed E-state index contributed by atoms with van der Waals surface area (Å²) in [5.74, 6) is -1.07. The van der Waals surface area contributed by atoms with Crippen molar-refractivity contribution in [2.75, 3.05) is 16.8 Å². The van der Waals surface area contributed by atoms with E-state index in [4.69, 9.17) is 17.5 Å². The van der Waals surface area contributed by atoms with Crippen LogP contribution in [0.3, 0.4) is 0 Å². The number of hydrogen-bond acceptors (Lipinski definition) is 3. The van der Waals surface area contributed by atoms with Crippen LogP contribution in [0.15, 0.2) is 48.2 Å². The van der Waals surface area contributed by atoms with Gasteiger partial charge in [0.2, 0.25) is 0 Å². The van der Waals surface area contributed by atoms with Crippen molar-refractivity contribution in [1.82, 2.24) is 5.32 Å².